The fourth-order valence-electron chi connectivity index (χ4n) is 1.09. The maximum Gasteiger partial charge on any atom is 0.419 e. The smallest absolute Gasteiger partial charge is 0.398 e. The summed E-state index contributed by atoms with van der Waals surface area (Å²) in [7, 11) is 1.52. The molecule has 0 saturated heterocycles. The Morgan fingerprint density at radius 2 is 2.19 bits per heavy atom. The number of hydrogen-bond acceptors (Lipinski definition) is 4. The van der Waals surface area contributed by atoms with Gasteiger partial charge in [0.15, 0.2) is 0 Å². The first-order valence-corrected chi connectivity index (χ1v) is 4.50. The second-order valence-electron chi connectivity index (χ2n) is 3.07. The molecule has 1 heterocycles. The summed E-state index contributed by atoms with van der Waals surface area (Å²) >= 11 is 0. The van der Waals surface area contributed by atoms with Crippen LogP contribution in [-0.4, -0.2) is 25.2 Å². The number of ether oxygens (including phenoxy) is 1. The van der Waals surface area contributed by atoms with Crippen molar-refractivity contribution in [3.8, 4) is 0 Å². The van der Waals surface area contributed by atoms with Gasteiger partial charge in [0.05, 0.1) is 12.2 Å². The largest absolute Gasteiger partial charge is 0.419 e. The molecular formula is C9H12F3N3O. The van der Waals surface area contributed by atoms with E-state index in [-0.39, 0.29) is 5.69 Å². The molecule has 0 aliphatic carbocycles. The second kappa shape index (κ2) is 5.02. The van der Waals surface area contributed by atoms with Gasteiger partial charge in [-0.1, -0.05) is 0 Å². The van der Waals surface area contributed by atoms with Gasteiger partial charge in [0.1, 0.15) is 5.82 Å². The van der Waals surface area contributed by atoms with Crippen molar-refractivity contribution in [2.75, 3.05) is 31.3 Å². The van der Waals surface area contributed by atoms with Crippen LogP contribution in [0.1, 0.15) is 5.56 Å². The monoisotopic (exact) mass is 235 g/mol. The van der Waals surface area contributed by atoms with E-state index in [1.54, 1.807) is 0 Å². The number of methoxy groups -OCH3 is 1. The zero-order chi connectivity index (χ0) is 12.2. The number of nitrogens with two attached hydrogens (primary N) is 1. The van der Waals surface area contributed by atoms with Crippen LogP contribution < -0.4 is 11.1 Å². The summed E-state index contributed by atoms with van der Waals surface area (Å²) in [5.41, 5.74) is 4.01. The van der Waals surface area contributed by atoms with Crippen molar-refractivity contribution in [2.24, 2.45) is 0 Å². The van der Waals surface area contributed by atoms with Gasteiger partial charge in [-0.25, -0.2) is 4.98 Å². The van der Waals surface area contributed by atoms with E-state index >= 15 is 0 Å². The van der Waals surface area contributed by atoms with E-state index < -0.39 is 11.7 Å². The highest BCUT2D eigenvalue weighted by atomic mass is 19.4. The molecule has 4 nitrogen and oxygen atoms in total. The molecule has 0 fully saturated rings. The van der Waals surface area contributed by atoms with Gasteiger partial charge >= 0.3 is 6.18 Å². The Balaban J connectivity index is 2.75. The summed E-state index contributed by atoms with van der Waals surface area (Å²) in [6.45, 7) is 0.886. The van der Waals surface area contributed by atoms with Crippen molar-refractivity contribution in [1.29, 1.82) is 0 Å². The van der Waals surface area contributed by atoms with E-state index in [2.05, 4.69) is 10.3 Å². The van der Waals surface area contributed by atoms with Gasteiger partial charge in [-0.15, -0.1) is 0 Å². The highest BCUT2D eigenvalue weighted by Crippen LogP contribution is 2.33. The topological polar surface area (TPSA) is 60.2 Å². The van der Waals surface area contributed by atoms with Crippen LogP contribution >= 0.6 is 0 Å². The van der Waals surface area contributed by atoms with Crippen LogP contribution in [-0.2, 0) is 10.9 Å². The molecule has 1 rings (SSSR count). The Morgan fingerprint density at radius 3 is 2.69 bits per heavy atom. The van der Waals surface area contributed by atoms with Gasteiger partial charge in [-0.2, -0.15) is 13.2 Å². The molecule has 0 amide bonds. The first-order chi connectivity index (χ1) is 7.45. The third kappa shape index (κ3) is 3.27. The van der Waals surface area contributed by atoms with Crippen LogP contribution in [0.2, 0.25) is 0 Å². The average molecular weight is 235 g/mol. The molecule has 0 radical (unpaired) electrons. The maximum atomic E-state index is 12.3. The normalized spacial score (nSPS) is 11.5. The lowest BCUT2D eigenvalue weighted by Gasteiger charge is -2.11. The van der Waals surface area contributed by atoms with Crippen molar-refractivity contribution < 1.29 is 17.9 Å². The van der Waals surface area contributed by atoms with Gasteiger partial charge < -0.3 is 15.8 Å². The number of anilines is 2. The number of hydrogen-bond donors (Lipinski definition) is 2. The number of nitrogens with zero attached hydrogens (tertiary/aromatic N) is 1. The summed E-state index contributed by atoms with van der Waals surface area (Å²) in [4.78, 5) is 3.61. The zero-order valence-corrected chi connectivity index (χ0v) is 8.64. The molecule has 16 heavy (non-hydrogen) atoms. The number of halogens is 3. The molecule has 0 bridgehead atoms. The molecule has 3 N–H and O–H groups in total. The van der Waals surface area contributed by atoms with Crippen molar-refractivity contribution in [2.45, 2.75) is 6.18 Å². The quantitative estimate of drug-likeness (QED) is 0.780. The van der Waals surface area contributed by atoms with Crippen molar-refractivity contribution >= 4 is 11.5 Å². The van der Waals surface area contributed by atoms with E-state index in [4.69, 9.17) is 10.5 Å². The van der Waals surface area contributed by atoms with Crippen LogP contribution in [0.5, 0.6) is 0 Å². The molecule has 0 saturated carbocycles. The Morgan fingerprint density at radius 1 is 1.50 bits per heavy atom. The van der Waals surface area contributed by atoms with Crippen molar-refractivity contribution in [1.82, 2.24) is 4.98 Å². The van der Waals surface area contributed by atoms with E-state index in [9.17, 15) is 13.2 Å². The standard InChI is InChI=1S/C9H12F3N3O/c1-16-3-2-14-8-4-7(13)6(5-15-8)9(10,11)12/h4-5H,2-3H2,1H3,(H3,13,14,15). The van der Waals surface area contributed by atoms with Crippen LogP contribution in [0.15, 0.2) is 12.3 Å². The van der Waals surface area contributed by atoms with Gasteiger partial charge in [0.25, 0.3) is 0 Å². The van der Waals surface area contributed by atoms with E-state index in [1.165, 1.54) is 7.11 Å². The lowest BCUT2D eigenvalue weighted by Crippen LogP contribution is -2.12. The lowest BCUT2D eigenvalue weighted by atomic mass is 10.2. The molecule has 0 atom stereocenters. The molecule has 0 aromatic carbocycles. The molecule has 0 aliphatic rings. The Kier molecular flexibility index (Phi) is 3.94. The molecule has 0 unspecified atom stereocenters. The third-order valence-corrected chi connectivity index (χ3v) is 1.85. The number of nitrogens with one attached hydrogen (secondary N) is 1. The first kappa shape index (κ1) is 12.6. The summed E-state index contributed by atoms with van der Waals surface area (Å²) in [5.74, 6) is 0.294. The van der Waals surface area contributed by atoms with Gasteiger partial charge in [-0.05, 0) is 0 Å². The summed E-state index contributed by atoms with van der Waals surface area (Å²) in [6, 6.07) is 1.15. The first-order valence-electron chi connectivity index (χ1n) is 4.50. The van der Waals surface area contributed by atoms with Crippen LogP contribution in [0.4, 0.5) is 24.7 Å². The zero-order valence-electron chi connectivity index (χ0n) is 8.64. The van der Waals surface area contributed by atoms with E-state index in [1.807, 2.05) is 0 Å². The van der Waals surface area contributed by atoms with Crippen LogP contribution in [0.3, 0.4) is 0 Å². The summed E-state index contributed by atoms with van der Waals surface area (Å²) in [6.07, 6.45) is -3.76. The Bertz CT molecular complexity index is 354. The van der Waals surface area contributed by atoms with Gasteiger partial charge in [0, 0.05) is 31.6 Å². The van der Waals surface area contributed by atoms with Crippen LogP contribution in [0.25, 0.3) is 0 Å². The number of aromatic nitrogens is 1. The Labute approximate surface area is 90.6 Å². The number of alkyl halides is 3. The predicted octanol–water partition coefficient (Wildman–Crippen LogP) is 1.74. The molecule has 1 aromatic heterocycles. The number of nitrogen functional groups attached to an aromatic ring is 1. The molecule has 90 valence electrons. The minimum atomic E-state index is -4.47. The van der Waals surface area contributed by atoms with Gasteiger partial charge in [0.2, 0.25) is 0 Å². The molecule has 0 spiro atoms. The average Bonchev–Trinajstić information content (AvgIpc) is 2.16. The van der Waals surface area contributed by atoms with E-state index in [0.29, 0.717) is 25.2 Å². The second-order valence-corrected chi connectivity index (χ2v) is 3.07. The van der Waals surface area contributed by atoms with Crippen molar-refractivity contribution in [3.63, 3.8) is 0 Å². The summed E-state index contributed by atoms with van der Waals surface area (Å²) < 4.78 is 41.8. The predicted molar refractivity (Wildman–Crippen MR) is 54.0 cm³/mol. The molecule has 0 aliphatic heterocycles. The highest BCUT2D eigenvalue weighted by Gasteiger charge is 2.33. The lowest BCUT2D eigenvalue weighted by molar-refractivity contribution is -0.137. The van der Waals surface area contributed by atoms with Crippen molar-refractivity contribution in [3.05, 3.63) is 17.8 Å². The van der Waals surface area contributed by atoms with E-state index in [0.717, 1.165) is 6.07 Å². The highest BCUT2D eigenvalue weighted by molar-refractivity contribution is 5.55. The number of pyridine rings is 1. The van der Waals surface area contributed by atoms with Gasteiger partial charge in [-0.3, -0.25) is 0 Å². The SMILES string of the molecule is COCCNc1cc(N)c(C(F)(F)F)cn1. The fraction of sp³-hybridized carbons (Fsp3) is 0.444. The minimum absolute atomic E-state index is 0.294. The maximum absolute atomic E-state index is 12.3. The summed E-state index contributed by atoms with van der Waals surface area (Å²) in [5, 5.41) is 2.78. The molecule has 7 heteroatoms. The number of rotatable bonds is 4. The fourth-order valence-corrected chi connectivity index (χ4v) is 1.09. The molecule has 1 aromatic rings. The van der Waals surface area contributed by atoms with Crippen LogP contribution in [0, 0.1) is 0 Å². The molecular weight excluding hydrogens is 223 g/mol. The third-order valence-electron chi connectivity index (χ3n) is 1.85. The Hall–Kier alpha value is -1.50. The minimum Gasteiger partial charge on any atom is -0.398 e.